The van der Waals surface area contributed by atoms with Crippen LogP contribution < -0.4 is 0 Å². The molecule has 0 aromatic heterocycles. The van der Waals surface area contributed by atoms with Crippen LogP contribution in [0.2, 0.25) is 0 Å². The number of rotatable bonds is 6. The summed E-state index contributed by atoms with van der Waals surface area (Å²) in [5.41, 5.74) is 0. The van der Waals surface area contributed by atoms with Crippen molar-refractivity contribution >= 4 is 64.6 Å². The molecule has 0 amide bonds. The van der Waals surface area contributed by atoms with Crippen molar-refractivity contribution in [3.05, 3.63) is 0 Å². The van der Waals surface area contributed by atoms with Gasteiger partial charge in [0.2, 0.25) is 20.8 Å². The molecular formula is H2MgO16S4. The Balaban J connectivity index is -0.000000295. The number of hydrogen-bond acceptors (Lipinski definition) is 14. The Kier molecular flexibility index (Phi) is 11.7. The molecule has 0 aliphatic rings. The first-order chi connectivity index (χ1) is 8.41. The van der Waals surface area contributed by atoms with Crippen LogP contribution in [-0.2, 0) is 58.9 Å². The smallest absolute Gasteiger partial charge is 0.724 e. The Hall–Kier alpha value is 0.246. The summed E-state index contributed by atoms with van der Waals surface area (Å²) in [5.74, 6) is 0. The van der Waals surface area contributed by atoms with Gasteiger partial charge in [0.25, 0.3) is 0 Å². The van der Waals surface area contributed by atoms with E-state index in [1.807, 2.05) is 0 Å². The van der Waals surface area contributed by atoms with Gasteiger partial charge in [-0.25, -0.2) is 16.8 Å². The minimum Gasteiger partial charge on any atom is -0.724 e. The van der Waals surface area contributed by atoms with Gasteiger partial charge >= 0.3 is 43.9 Å². The van der Waals surface area contributed by atoms with Gasteiger partial charge in [0.15, 0.2) is 0 Å². The van der Waals surface area contributed by atoms with Crippen LogP contribution >= 0.6 is 0 Å². The Morgan fingerprint density at radius 3 is 0.810 bits per heavy atom. The van der Waals surface area contributed by atoms with Crippen molar-refractivity contribution in [2.45, 2.75) is 0 Å². The van der Waals surface area contributed by atoms with Gasteiger partial charge in [-0.05, 0) is 0 Å². The van der Waals surface area contributed by atoms with Crippen molar-refractivity contribution in [1.29, 1.82) is 0 Å². The average molecular weight is 411 g/mol. The molecule has 0 aliphatic carbocycles. The normalized spacial score (nSPS) is 12.8. The van der Waals surface area contributed by atoms with Crippen LogP contribution in [0.15, 0.2) is 0 Å². The summed E-state index contributed by atoms with van der Waals surface area (Å²) in [6, 6.07) is 0. The molecule has 21 heteroatoms. The van der Waals surface area contributed by atoms with Crippen LogP contribution in [-0.4, -0.2) is 74.9 Å². The van der Waals surface area contributed by atoms with Gasteiger partial charge in [-0.2, -0.15) is 16.8 Å². The minimum atomic E-state index is -5.27. The molecule has 0 saturated heterocycles. The fourth-order valence-electron chi connectivity index (χ4n) is 0.138. The molecule has 0 bridgehead atoms. The molecule has 0 aromatic carbocycles. The van der Waals surface area contributed by atoms with Crippen molar-refractivity contribution in [2.75, 3.05) is 0 Å². The first-order valence-electron chi connectivity index (χ1n) is 3.03. The molecule has 16 nitrogen and oxygen atoms in total. The third kappa shape index (κ3) is 33.2. The van der Waals surface area contributed by atoms with Gasteiger partial charge in [-0.15, -0.1) is 0 Å². The summed E-state index contributed by atoms with van der Waals surface area (Å²) in [4.78, 5) is 0. The van der Waals surface area contributed by atoms with E-state index >= 15 is 0 Å². The zero-order valence-corrected chi connectivity index (χ0v) is 13.6. The van der Waals surface area contributed by atoms with E-state index < -0.39 is 41.6 Å². The molecule has 0 rings (SSSR count). The van der Waals surface area contributed by atoms with Gasteiger partial charge in [0.05, 0.1) is 0 Å². The molecule has 0 saturated carbocycles. The quantitative estimate of drug-likeness (QED) is 0.139. The van der Waals surface area contributed by atoms with Gasteiger partial charge in [-0.3, -0.25) is 9.11 Å². The summed E-state index contributed by atoms with van der Waals surface area (Å²) in [5, 5.41) is 0. The molecule has 0 spiro atoms. The molecule has 0 unspecified atom stereocenters. The molecule has 0 heterocycles. The first-order valence-corrected chi connectivity index (χ1v) is 8.43. The van der Waals surface area contributed by atoms with Crippen molar-refractivity contribution in [1.82, 2.24) is 0 Å². The molecule has 0 aliphatic heterocycles. The second-order valence-corrected chi connectivity index (χ2v) is 5.83. The largest absolute Gasteiger partial charge is 2.00 e. The maximum absolute atomic E-state index is 9.48. The molecule has 21 heavy (non-hydrogen) atoms. The average Bonchev–Trinajstić information content (AvgIpc) is 2.09. The van der Waals surface area contributed by atoms with E-state index in [0.29, 0.717) is 0 Å². The van der Waals surface area contributed by atoms with E-state index in [0.717, 1.165) is 0 Å². The molecule has 0 radical (unpaired) electrons. The molecule has 0 fully saturated rings. The Bertz CT molecular complexity index is 556. The maximum atomic E-state index is 9.48. The summed E-state index contributed by atoms with van der Waals surface area (Å²) in [6.07, 6.45) is 0. The van der Waals surface area contributed by atoms with E-state index in [9.17, 15) is 42.8 Å². The Labute approximate surface area is 133 Å². The fraction of sp³-hybridized carbons (Fsp3) is 0. The standard InChI is InChI=1S/Mg.2H2O8S2/c;2*1-9(2,3)7-8-10(4,5)6/h;2*(H,1,2,3)(H,4,5,6)/q+2;;/p-2. The third-order valence-electron chi connectivity index (χ3n) is 0.394. The van der Waals surface area contributed by atoms with Crippen LogP contribution in [0.25, 0.3) is 0 Å². The second kappa shape index (κ2) is 9.40. The molecular weight excluding hydrogens is 409 g/mol. The molecule has 0 atom stereocenters. The van der Waals surface area contributed by atoms with Gasteiger partial charge in [0, 0.05) is 0 Å². The van der Waals surface area contributed by atoms with Crippen LogP contribution in [0.4, 0.5) is 0 Å². The fourth-order valence-corrected chi connectivity index (χ4v) is 1.24. The third-order valence-corrected chi connectivity index (χ3v) is 1.52. The van der Waals surface area contributed by atoms with Crippen LogP contribution in [0.1, 0.15) is 0 Å². The van der Waals surface area contributed by atoms with E-state index in [-0.39, 0.29) is 23.1 Å². The van der Waals surface area contributed by atoms with Crippen molar-refractivity contribution in [3.63, 3.8) is 0 Å². The molecule has 0 aromatic rings. The predicted octanol–water partition coefficient (Wildman–Crippen LogP) is -3.99. The number of hydrogen-bond donors (Lipinski definition) is 2. The molecule has 2 N–H and O–H groups in total. The molecule has 124 valence electrons. The van der Waals surface area contributed by atoms with Gasteiger partial charge in [-0.1, -0.05) is 17.3 Å². The van der Waals surface area contributed by atoms with Crippen molar-refractivity contribution < 1.29 is 69.2 Å². The Morgan fingerprint density at radius 1 is 0.571 bits per heavy atom. The topological polar surface area (TPSA) is 260 Å². The van der Waals surface area contributed by atoms with Gasteiger partial charge in [0.1, 0.15) is 0 Å². The van der Waals surface area contributed by atoms with Crippen LogP contribution in [0.5, 0.6) is 0 Å². The van der Waals surface area contributed by atoms with E-state index in [4.69, 9.17) is 9.11 Å². The van der Waals surface area contributed by atoms with E-state index in [1.165, 1.54) is 0 Å². The Morgan fingerprint density at radius 2 is 0.762 bits per heavy atom. The summed E-state index contributed by atoms with van der Waals surface area (Å²) < 4.78 is 120. The van der Waals surface area contributed by atoms with Crippen molar-refractivity contribution in [3.8, 4) is 0 Å². The van der Waals surface area contributed by atoms with E-state index in [2.05, 4.69) is 17.3 Å². The van der Waals surface area contributed by atoms with Crippen LogP contribution in [0, 0.1) is 0 Å². The summed E-state index contributed by atoms with van der Waals surface area (Å²) in [7, 11) is -20.7. The first kappa shape index (κ1) is 26.2. The summed E-state index contributed by atoms with van der Waals surface area (Å²) in [6.45, 7) is 0. The zero-order chi connectivity index (χ0) is 16.8. The zero-order valence-electron chi connectivity index (χ0n) is 8.95. The van der Waals surface area contributed by atoms with Gasteiger partial charge < -0.3 is 9.11 Å². The minimum absolute atomic E-state index is 0. The maximum Gasteiger partial charge on any atom is 2.00 e. The monoisotopic (exact) mass is 410 g/mol. The van der Waals surface area contributed by atoms with E-state index in [1.54, 1.807) is 0 Å². The second-order valence-electron chi connectivity index (χ2n) is 1.94. The SMILES string of the molecule is O=S(=O)([O-])OOS(=O)(=O)O.O=S(=O)([O-])OOS(=O)(=O)O.[Mg+2]. The summed E-state index contributed by atoms with van der Waals surface area (Å²) >= 11 is 0. The van der Waals surface area contributed by atoms with Crippen LogP contribution in [0.3, 0.4) is 0 Å². The van der Waals surface area contributed by atoms with Crippen molar-refractivity contribution in [2.24, 2.45) is 0 Å². The predicted molar refractivity (Wildman–Crippen MR) is 52.6 cm³/mol.